The molecule has 0 bridgehead atoms. The maximum Gasteiger partial charge on any atom is 0.411 e. The lowest BCUT2D eigenvalue weighted by molar-refractivity contribution is -0.130. The molecule has 2 fully saturated rings. The number of rotatable bonds is 22. The highest BCUT2D eigenvalue weighted by Crippen LogP contribution is 2.41. The van der Waals surface area contributed by atoms with Crippen molar-refractivity contribution in [1.29, 1.82) is 0 Å². The van der Waals surface area contributed by atoms with Gasteiger partial charge in [0, 0.05) is 49.3 Å². The van der Waals surface area contributed by atoms with Crippen molar-refractivity contribution in [3.05, 3.63) is 65.7 Å². The fraction of sp³-hybridized carbons (Fsp3) is 0.595. The van der Waals surface area contributed by atoms with Crippen LogP contribution < -0.4 is 21.3 Å². The SMILES string of the molecule is CCCCCCCCCC(=O)N[C@@H](COC(=O)Nc1ccc(C(=O)N2C[C@@H](C)[C@H](C(=O)N[C@H]3C[C@@H]3c3ccccc3)C2)cc1)C(=O)NCCCCCC. The molecule has 1 saturated carbocycles. The summed E-state index contributed by atoms with van der Waals surface area (Å²) < 4.78 is 5.39. The molecule has 0 radical (unpaired) electrons. The summed E-state index contributed by atoms with van der Waals surface area (Å²) in [4.78, 5) is 66.6. The Balaban J connectivity index is 1.22. The topological polar surface area (TPSA) is 146 Å². The Morgan fingerprint density at radius 3 is 2.17 bits per heavy atom. The zero-order chi connectivity index (χ0) is 38.0. The number of nitrogens with zero attached hydrogens (tertiary/aromatic N) is 1. The van der Waals surface area contributed by atoms with E-state index < -0.39 is 12.1 Å². The van der Waals surface area contributed by atoms with Crippen molar-refractivity contribution >= 4 is 35.4 Å². The number of anilines is 1. The van der Waals surface area contributed by atoms with Gasteiger partial charge in [-0.05, 0) is 55.0 Å². The van der Waals surface area contributed by atoms with Crippen LogP contribution in [0.3, 0.4) is 0 Å². The molecule has 4 N–H and O–H groups in total. The quantitative estimate of drug-likeness (QED) is 0.0966. The van der Waals surface area contributed by atoms with Gasteiger partial charge in [0.2, 0.25) is 17.7 Å². The molecule has 1 aliphatic carbocycles. The second kappa shape index (κ2) is 22.0. The molecule has 1 aliphatic heterocycles. The van der Waals surface area contributed by atoms with Crippen LogP contribution in [0.2, 0.25) is 0 Å². The molecule has 0 spiro atoms. The molecule has 1 saturated heterocycles. The van der Waals surface area contributed by atoms with Gasteiger partial charge in [0.1, 0.15) is 12.6 Å². The summed E-state index contributed by atoms with van der Waals surface area (Å²) in [7, 11) is 0. The van der Waals surface area contributed by atoms with Crippen molar-refractivity contribution in [3.63, 3.8) is 0 Å². The minimum Gasteiger partial charge on any atom is -0.447 e. The molecule has 11 heteroatoms. The molecular weight excluding hydrogens is 670 g/mol. The van der Waals surface area contributed by atoms with Gasteiger partial charge in [-0.3, -0.25) is 24.5 Å². The number of ether oxygens (including phenoxy) is 1. The Morgan fingerprint density at radius 1 is 0.811 bits per heavy atom. The Hall–Kier alpha value is -4.41. The van der Waals surface area contributed by atoms with E-state index in [4.69, 9.17) is 4.74 Å². The summed E-state index contributed by atoms with van der Waals surface area (Å²) in [6, 6.07) is 15.8. The summed E-state index contributed by atoms with van der Waals surface area (Å²) in [6.07, 6.45) is 12.0. The summed E-state index contributed by atoms with van der Waals surface area (Å²) in [6.45, 7) is 7.31. The lowest BCUT2D eigenvalue weighted by atomic mass is 9.97. The van der Waals surface area contributed by atoms with Crippen molar-refractivity contribution in [1.82, 2.24) is 20.9 Å². The molecule has 53 heavy (non-hydrogen) atoms. The average Bonchev–Trinajstić information content (AvgIpc) is 3.82. The minimum atomic E-state index is -1.01. The van der Waals surface area contributed by atoms with E-state index in [-0.39, 0.29) is 48.1 Å². The van der Waals surface area contributed by atoms with Crippen molar-refractivity contribution < 1.29 is 28.7 Å². The standard InChI is InChI=1S/C42H61N5O6/c1-4-6-8-10-11-12-16-20-38(48)45-37(40(50)43-25-17-9-7-5-2)29-53-42(52)44-33-23-21-32(22-24-33)41(51)47-27-30(3)35(28-47)39(49)46-36-26-34(36)31-18-14-13-15-19-31/h13-15,18-19,21-24,30,34-37H,4-12,16-17,20,25-29H2,1-3H3,(H,43,50)(H,44,52)(H,45,48)(H,46,49)/t30-,34-,35-,36+,37+/m1/s1. The third kappa shape index (κ3) is 13.8. The van der Waals surface area contributed by atoms with Crippen LogP contribution in [-0.4, -0.2) is 72.9 Å². The van der Waals surface area contributed by atoms with E-state index in [0.717, 1.165) is 57.8 Å². The van der Waals surface area contributed by atoms with Crippen LogP contribution in [0.4, 0.5) is 10.5 Å². The number of carbonyl (C=O) groups is 5. The number of nitrogens with one attached hydrogen (secondary N) is 4. The first-order valence-corrected chi connectivity index (χ1v) is 20.0. The molecule has 2 aromatic rings. The highest BCUT2D eigenvalue weighted by Gasteiger charge is 2.43. The van der Waals surface area contributed by atoms with Gasteiger partial charge in [0.25, 0.3) is 5.91 Å². The maximum absolute atomic E-state index is 13.4. The van der Waals surface area contributed by atoms with E-state index in [9.17, 15) is 24.0 Å². The molecule has 1 heterocycles. The van der Waals surface area contributed by atoms with Crippen LogP contribution in [0, 0.1) is 11.8 Å². The van der Waals surface area contributed by atoms with Crippen LogP contribution in [-0.2, 0) is 19.1 Å². The number of unbranched alkanes of at least 4 members (excludes halogenated alkanes) is 9. The summed E-state index contributed by atoms with van der Waals surface area (Å²) >= 11 is 0. The van der Waals surface area contributed by atoms with Crippen LogP contribution in [0.1, 0.15) is 126 Å². The van der Waals surface area contributed by atoms with Gasteiger partial charge in [0.05, 0.1) is 5.92 Å². The van der Waals surface area contributed by atoms with Gasteiger partial charge in [0.15, 0.2) is 0 Å². The van der Waals surface area contributed by atoms with Gasteiger partial charge in [-0.2, -0.15) is 0 Å². The Morgan fingerprint density at radius 2 is 1.47 bits per heavy atom. The van der Waals surface area contributed by atoms with Crippen LogP contribution in [0.25, 0.3) is 0 Å². The lowest BCUT2D eigenvalue weighted by Gasteiger charge is -2.19. The summed E-state index contributed by atoms with van der Waals surface area (Å²) in [5, 5.41) is 11.5. The molecular formula is C42H61N5O6. The van der Waals surface area contributed by atoms with E-state index in [0.29, 0.717) is 43.2 Å². The third-order valence-electron chi connectivity index (χ3n) is 10.3. The average molecular weight is 732 g/mol. The van der Waals surface area contributed by atoms with E-state index in [1.165, 1.54) is 24.8 Å². The van der Waals surface area contributed by atoms with Crippen molar-refractivity contribution in [3.8, 4) is 0 Å². The second-order valence-corrected chi connectivity index (χ2v) is 14.8. The number of hydrogen-bond acceptors (Lipinski definition) is 6. The number of carbonyl (C=O) groups excluding carboxylic acids is 5. The highest BCUT2D eigenvalue weighted by molar-refractivity contribution is 5.96. The maximum atomic E-state index is 13.4. The Bertz CT molecular complexity index is 1470. The predicted octanol–water partition coefficient (Wildman–Crippen LogP) is 6.94. The smallest absolute Gasteiger partial charge is 0.411 e. The fourth-order valence-corrected chi connectivity index (χ4v) is 6.96. The number of amides is 5. The van der Waals surface area contributed by atoms with Gasteiger partial charge in [-0.15, -0.1) is 0 Å². The zero-order valence-electron chi connectivity index (χ0n) is 32.0. The minimum absolute atomic E-state index is 0.00582. The first kappa shape index (κ1) is 41.3. The van der Waals surface area contributed by atoms with Crippen molar-refractivity contribution in [2.45, 2.75) is 122 Å². The van der Waals surface area contributed by atoms with Gasteiger partial charge in [-0.25, -0.2) is 4.79 Å². The molecule has 0 unspecified atom stereocenters. The zero-order valence-corrected chi connectivity index (χ0v) is 32.0. The lowest BCUT2D eigenvalue weighted by Crippen LogP contribution is -2.50. The van der Waals surface area contributed by atoms with Crippen molar-refractivity contribution in [2.75, 3.05) is 31.6 Å². The molecule has 2 aliphatic rings. The Labute approximate surface area is 315 Å². The van der Waals surface area contributed by atoms with Gasteiger partial charge in [-0.1, -0.05) is 109 Å². The molecule has 4 rings (SSSR count). The number of hydrogen-bond donors (Lipinski definition) is 4. The van der Waals surface area contributed by atoms with E-state index >= 15 is 0 Å². The largest absolute Gasteiger partial charge is 0.447 e. The fourth-order valence-electron chi connectivity index (χ4n) is 6.96. The van der Waals surface area contributed by atoms with E-state index in [1.54, 1.807) is 29.2 Å². The van der Waals surface area contributed by atoms with Gasteiger partial charge < -0.3 is 25.6 Å². The predicted molar refractivity (Wildman–Crippen MR) is 207 cm³/mol. The Kier molecular flexibility index (Phi) is 17.1. The summed E-state index contributed by atoms with van der Waals surface area (Å²) in [5.74, 6) is -0.711. The summed E-state index contributed by atoms with van der Waals surface area (Å²) in [5.41, 5.74) is 2.09. The molecule has 0 aromatic heterocycles. The number of benzene rings is 2. The number of likely N-dealkylation sites (tertiary alicyclic amines) is 1. The van der Waals surface area contributed by atoms with Crippen molar-refractivity contribution in [2.24, 2.45) is 11.8 Å². The molecule has 11 nitrogen and oxygen atoms in total. The van der Waals surface area contributed by atoms with E-state index in [1.807, 2.05) is 25.1 Å². The third-order valence-corrected chi connectivity index (χ3v) is 10.3. The molecule has 290 valence electrons. The second-order valence-electron chi connectivity index (χ2n) is 14.8. The van der Waals surface area contributed by atoms with Crippen LogP contribution in [0.15, 0.2) is 54.6 Å². The first-order valence-electron chi connectivity index (χ1n) is 20.0. The molecule has 5 amide bonds. The van der Waals surface area contributed by atoms with Crippen LogP contribution >= 0.6 is 0 Å². The monoisotopic (exact) mass is 731 g/mol. The molecule has 2 aromatic carbocycles. The molecule has 5 atom stereocenters. The highest BCUT2D eigenvalue weighted by atomic mass is 16.5. The first-order chi connectivity index (χ1) is 25.7. The normalized spacial score (nSPS) is 19.6. The van der Waals surface area contributed by atoms with E-state index in [2.05, 4.69) is 47.2 Å². The van der Waals surface area contributed by atoms with Gasteiger partial charge >= 0.3 is 6.09 Å². The van der Waals surface area contributed by atoms with Crippen LogP contribution in [0.5, 0.6) is 0 Å².